The standard InChI is InChI=1S/C17H19N3O3S/c1-12-4-2-3-5-15(12)20-17(21)16-7-6-13(10-18-16)19-14-8-9-24(22,23)11-14/h2-7,10,14,19H,8-9,11H2,1H3,(H,20,21). The first-order valence-corrected chi connectivity index (χ1v) is 9.55. The number of sulfone groups is 1. The number of amides is 1. The Kier molecular flexibility index (Phi) is 4.53. The Labute approximate surface area is 141 Å². The summed E-state index contributed by atoms with van der Waals surface area (Å²) >= 11 is 0. The fourth-order valence-corrected chi connectivity index (χ4v) is 4.33. The second-order valence-electron chi connectivity index (χ2n) is 5.95. The number of benzene rings is 1. The number of aryl methyl sites for hydroxylation is 1. The molecule has 0 bridgehead atoms. The first-order valence-electron chi connectivity index (χ1n) is 7.73. The van der Waals surface area contributed by atoms with E-state index < -0.39 is 9.84 Å². The third-order valence-electron chi connectivity index (χ3n) is 3.99. The molecule has 1 aromatic heterocycles. The minimum Gasteiger partial charge on any atom is -0.380 e. The van der Waals surface area contributed by atoms with Crippen molar-refractivity contribution in [2.45, 2.75) is 19.4 Å². The third-order valence-corrected chi connectivity index (χ3v) is 5.76. The number of hydrogen-bond acceptors (Lipinski definition) is 5. The highest BCUT2D eigenvalue weighted by molar-refractivity contribution is 7.91. The number of carbonyl (C=O) groups excluding carboxylic acids is 1. The van der Waals surface area contributed by atoms with Gasteiger partial charge < -0.3 is 10.6 Å². The first-order chi connectivity index (χ1) is 11.4. The summed E-state index contributed by atoms with van der Waals surface area (Å²) in [7, 11) is -2.92. The maximum atomic E-state index is 12.2. The molecule has 0 spiro atoms. The van der Waals surface area contributed by atoms with Crippen molar-refractivity contribution < 1.29 is 13.2 Å². The van der Waals surface area contributed by atoms with Gasteiger partial charge in [-0.3, -0.25) is 4.79 Å². The maximum absolute atomic E-state index is 12.2. The largest absolute Gasteiger partial charge is 0.380 e. The van der Waals surface area contributed by atoms with Gasteiger partial charge in [-0.25, -0.2) is 13.4 Å². The van der Waals surface area contributed by atoms with E-state index in [1.807, 2.05) is 31.2 Å². The Bertz CT molecular complexity index is 848. The number of carbonyl (C=O) groups is 1. The van der Waals surface area contributed by atoms with E-state index in [2.05, 4.69) is 15.6 Å². The molecule has 1 unspecified atom stereocenters. The van der Waals surface area contributed by atoms with Gasteiger partial charge in [0.15, 0.2) is 9.84 Å². The molecule has 2 aromatic rings. The van der Waals surface area contributed by atoms with E-state index in [9.17, 15) is 13.2 Å². The Hall–Kier alpha value is -2.41. The summed E-state index contributed by atoms with van der Waals surface area (Å²) in [5.41, 5.74) is 2.75. The van der Waals surface area contributed by atoms with Gasteiger partial charge in [0, 0.05) is 11.7 Å². The summed E-state index contributed by atoms with van der Waals surface area (Å²) in [4.78, 5) is 16.4. The zero-order valence-corrected chi connectivity index (χ0v) is 14.1. The topological polar surface area (TPSA) is 88.2 Å². The summed E-state index contributed by atoms with van der Waals surface area (Å²) in [6, 6.07) is 10.8. The number of nitrogens with one attached hydrogen (secondary N) is 2. The predicted octanol–water partition coefficient (Wildman–Crippen LogP) is 2.24. The van der Waals surface area contributed by atoms with Crippen LogP contribution in [0.5, 0.6) is 0 Å². The number of anilines is 2. The van der Waals surface area contributed by atoms with Gasteiger partial charge in [0.25, 0.3) is 5.91 Å². The molecule has 1 saturated heterocycles. The van der Waals surface area contributed by atoms with Crippen molar-refractivity contribution >= 4 is 27.1 Å². The van der Waals surface area contributed by atoms with E-state index in [1.165, 1.54) is 0 Å². The molecule has 2 N–H and O–H groups in total. The van der Waals surface area contributed by atoms with Gasteiger partial charge in [0.05, 0.1) is 23.4 Å². The number of para-hydroxylation sites is 1. The van der Waals surface area contributed by atoms with Gasteiger partial charge in [0.2, 0.25) is 0 Å². The molecule has 0 aliphatic carbocycles. The van der Waals surface area contributed by atoms with Crippen LogP contribution in [0.3, 0.4) is 0 Å². The second-order valence-corrected chi connectivity index (χ2v) is 8.17. The lowest BCUT2D eigenvalue weighted by Crippen LogP contribution is -2.21. The molecule has 1 fully saturated rings. The van der Waals surface area contributed by atoms with Gasteiger partial charge in [-0.2, -0.15) is 0 Å². The number of rotatable bonds is 4. The Morgan fingerprint density at radius 2 is 2.00 bits per heavy atom. The fraction of sp³-hybridized carbons (Fsp3) is 0.294. The van der Waals surface area contributed by atoms with Crippen LogP contribution in [-0.4, -0.2) is 36.9 Å². The third kappa shape index (κ3) is 3.91. The van der Waals surface area contributed by atoms with Crippen molar-refractivity contribution in [2.75, 3.05) is 22.1 Å². The highest BCUT2D eigenvalue weighted by Crippen LogP contribution is 2.18. The highest BCUT2D eigenvalue weighted by atomic mass is 32.2. The monoisotopic (exact) mass is 345 g/mol. The summed E-state index contributed by atoms with van der Waals surface area (Å²) in [6.07, 6.45) is 2.15. The molecule has 7 heteroatoms. The molecule has 24 heavy (non-hydrogen) atoms. The summed E-state index contributed by atoms with van der Waals surface area (Å²) in [6.45, 7) is 1.92. The zero-order valence-electron chi connectivity index (χ0n) is 13.3. The number of nitrogens with zero attached hydrogens (tertiary/aromatic N) is 1. The van der Waals surface area contributed by atoms with E-state index in [1.54, 1.807) is 18.3 Å². The molecule has 2 heterocycles. The lowest BCUT2D eigenvalue weighted by molar-refractivity contribution is 0.102. The maximum Gasteiger partial charge on any atom is 0.274 e. The van der Waals surface area contributed by atoms with E-state index in [-0.39, 0.29) is 23.5 Å². The van der Waals surface area contributed by atoms with Crippen molar-refractivity contribution in [1.29, 1.82) is 0 Å². The molecule has 126 valence electrons. The number of aromatic nitrogens is 1. The Morgan fingerprint density at radius 1 is 1.21 bits per heavy atom. The second kappa shape index (κ2) is 6.60. The smallest absolute Gasteiger partial charge is 0.274 e. The summed E-state index contributed by atoms with van der Waals surface area (Å²) < 4.78 is 22.9. The van der Waals surface area contributed by atoms with Gasteiger partial charge >= 0.3 is 0 Å². The van der Waals surface area contributed by atoms with Crippen molar-refractivity contribution in [3.05, 3.63) is 53.9 Å². The SMILES string of the molecule is Cc1ccccc1NC(=O)c1ccc(NC2CCS(=O)(=O)C2)cn1. The molecule has 0 saturated carbocycles. The van der Waals surface area contributed by atoms with Gasteiger partial charge in [0.1, 0.15) is 5.69 Å². The lowest BCUT2D eigenvalue weighted by atomic mass is 10.2. The molecular formula is C17H19N3O3S. The fourth-order valence-electron chi connectivity index (χ4n) is 2.66. The van der Waals surface area contributed by atoms with Crippen LogP contribution in [0, 0.1) is 6.92 Å². The van der Waals surface area contributed by atoms with Crippen molar-refractivity contribution in [1.82, 2.24) is 4.98 Å². The van der Waals surface area contributed by atoms with Gasteiger partial charge in [-0.05, 0) is 37.1 Å². The van der Waals surface area contributed by atoms with E-state index >= 15 is 0 Å². The van der Waals surface area contributed by atoms with E-state index in [0.29, 0.717) is 17.8 Å². The molecule has 0 radical (unpaired) electrons. The van der Waals surface area contributed by atoms with Crippen LogP contribution in [0.2, 0.25) is 0 Å². The van der Waals surface area contributed by atoms with Crippen molar-refractivity contribution in [3.63, 3.8) is 0 Å². The summed E-state index contributed by atoms with van der Waals surface area (Å²) in [5, 5.41) is 5.98. The van der Waals surface area contributed by atoms with Crippen molar-refractivity contribution in [3.8, 4) is 0 Å². The van der Waals surface area contributed by atoms with E-state index in [4.69, 9.17) is 0 Å². The predicted molar refractivity (Wildman–Crippen MR) is 94.1 cm³/mol. The van der Waals surface area contributed by atoms with Crippen molar-refractivity contribution in [2.24, 2.45) is 0 Å². The average molecular weight is 345 g/mol. The average Bonchev–Trinajstić information content (AvgIpc) is 2.89. The molecule has 1 atom stereocenters. The Balaban J connectivity index is 1.64. The lowest BCUT2D eigenvalue weighted by Gasteiger charge is -2.12. The van der Waals surface area contributed by atoms with Crippen LogP contribution in [0.1, 0.15) is 22.5 Å². The highest BCUT2D eigenvalue weighted by Gasteiger charge is 2.27. The minimum atomic E-state index is -2.92. The number of pyridine rings is 1. The molecule has 3 rings (SSSR count). The molecule has 1 aromatic carbocycles. The normalized spacial score (nSPS) is 19.0. The first kappa shape index (κ1) is 16.4. The molecule has 1 aliphatic heterocycles. The number of hydrogen-bond donors (Lipinski definition) is 2. The van der Waals surface area contributed by atoms with Gasteiger partial charge in [-0.15, -0.1) is 0 Å². The van der Waals surface area contributed by atoms with Crippen LogP contribution in [0.4, 0.5) is 11.4 Å². The minimum absolute atomic E-state index is 0.0940. The molecule has 1 amide bonds. The van der Waals surface area contributed by atoms with Crippen LogP contribution in [0.25, 0.3) is 0 Å². The van der Waals surface area contributed by atoms with Gasteiger partial charge in [-0.1, -0.05) is 18.2 Å². The molecular weight excluding hydrogens is 326 g/mol. The zero-order chi connectivity index (χ0) is 17.2. The quantitative estimate of drug-likeness (QED) is 0.887. The molecule has 1 aliphatic rings. The molecule has 6 nitrogen and oxygen atoms in total. The van der Waals surface area contributed by atoms with E-state index in [0.717, 1.165) is 11.3 Å². The van der Waals surface area contributed by atoms with Crippen LogP contribution in [0.15, 0.2) is 42.6 Å². The van der Waals surface area contributed by atoms with Crippen LogP contribution < -0.4 is 10.6 Å². The van der Waals surface area contributed by atoms with Crippen LogP contribution in [-0.2, 0) is 9.84 Å². The summed E-state index contributed by atoms with van der Waals surface area (Å²) in [5.74, 6) is 0.0802. The van der Waals surface area contributed by atoms with Crippen LogP contribution >= 0.6 is 0 Å². The Morgan fingerprint density at radius 3 is 2.62 bits per heavy atom.